The van der Waals surface area contributed by atoms with Crippen LogP contribution in [0.2, 0.25) is 5.02 Å². The quantitative estimate of drug-likeness (QED) is 0.321. The average Bonchev–Trinajstić information content (AvgIpc) is 3.39. The Morgan fingerprint density at radius 1 is 1.27 bits per heavy atom. The number of halogens is 1. The summed E-state index contributed by atoms with van der Waals surface area (Å²) in [5.41, 5.74) is 10.4. The standard InChI is InChI=1S/C27H35ClN6O3/c1-18-7-3-8-20(15-18)26-22(10-4-11-23(26)28)27(37,12-6-13-29-19(2)35)21-9-5-14-34(17-21)25(36)16-24-30-32-33-31-24/h3-4,7-8,10-11,15,21,32-33,37H,5-6,9,12-14,16-17H2,1-2H3,(H,29,35)(H,30,31)/t21-,27+/m1/s1. The Balaban J connectivity index is 1.67. The van der Waals surface area contributed by atoms with Crippen molar-refractivity contribution in [2.24, 2.45) is 11.0 Å². The van der Waals surface area contributed by atoms with Gasteiger partial charge < -0.3 is 15.3 Å². The summed E-state index contributed by atoms with van der Waals surface area (Å²) in [7, 11) is 0. The van der Waals surface area contributed by atoms with Crippen molar-refractivity contribution in [3.05, 3.63) is 58.6 Å². The van der Waals surface area contributed by atoms with Crippen LogP contribution >= 0.6 is 11.6 Å². The third-order valence-corrected chi connectivity index (χ3v) is 7.43. The number of aliphatic hydroxyl groups is 1. The van der Waals surface area contributed by atoms with Gasteiger partial charge in [-0.05, 0) is 49.8 Å². The molecule has 4 rings (SSSR count). The van der Waals surface area contributed by atoms with Crippen molar-refractivity contribution in [2.75, 3.05) is 19.6 Å². The number of carbonyl (C=O) groups is 2. The zero-order valence-electron chi connectivity index (χ0n) is 21.3. The highest BCUT2D eigenvalue weighted by Gasteiger charge is 2.43. The van der Waals surface area contributed by atoms with Crippen LogP contribution in [0.5, 0.6) is 0 Å². The Morgan fingerprint density at radius 2 is 2.08 bits per heavy atom. The number of hydrogen-bond acceptors (Lipinski definition) is 7. The van der Waals surface area contributed by atoms with Crippen LogP contribution in [0.1, 0.15) is 50.2 Å². The van der Waals surface area contributed by atoms with E-state index in [1.54, 1.807) is 0 Å². The Kier molecular flexibility index (Phi) is 8.68. The number of benzene rings is 2. The number of likely N-dealkylation sites (tertiary alicyclic amines) is 1. The third kappa shape index (κ3) is 6.41. The molecule has 2 amide bonds. The average molecular weight is 527 g/mol. The van der Waals surface area contributed by atoms with Crippen molar-refractivity contribution < 1.29 is 14.7 Å². The van der Waals surface area contributed by atoms with Crippen LogP contribution in [0.15, 0.2) is 47.6 Å². The van der Waals surface area contributed by atoms with Gasteiger partial charge in [0, 0.05) is 43.1 Å². The third-order valence-electron chi connectivity index (χ3n) is 7.12. The van der Waals surface area contributed by atoms with Crippen LogP contribution in [0, 0.1) is 12.8 Å². The molecule has 0 saturated carbocycles. The number of carbonyl (C=O) groups excluding carboxylic acids is 2. The fraction of sp³-hybridized carbons (Fsp3) is 0.444. The Bertz CT molecular complexity index is 1170. The lowest BCUT2D eigenvalue weighted by molar-refractivity contribution is -0.135. The maximum Gasteiger partial charge on any atom is 0.230 e. The van der Waals surface area contributed by atoms with Gasteiger partial charge in [-0.1, -0.05) is 53.6 Å². The number of rotatable bonds is 9. The number of hydrazine groups is 2. The van der Waals surface area contributed by atoms with Crippen molar-refractivity contribution in [2.45, 2.75) is 51.6 Å². The van der Waals surface area contributed by atoms with Gasteiger partial charge in [-0.2, -0.15) is 0 Å². The molecule has 2 heterocycles. The van der Waals surface area contributed by atoms with Gasteiger partial charge in [-0.15, -0.1) is 10.6 Å². The number of hydrogen-bond donors (Lipinski definition) is 5. The first-order valence-electron chi connectivity index (χ1n) is 12.7. The number of aryl methyl sites for hydroxylation is 1. The molecule has 5 N–H and O–H groups in total. The minimum absolute atomic E-state index is 0.0490. The maximum absolute atomic E-state index is 13.1. The number of piperidine rings is 1. The molecular weight excluding hydrogens is 492 g/mol. The summed E-state index contributed by atoms with van der Waals surface area (Å²) in [6.45, 7) is 5.02. The van der Waals surface area contributed by atoms with E-state index in [9.17, 15) is 14.7 Å². The Hall–Kier alpha value is -3.14. The van der Waals surface area contributed by atoms with Crippen molar-refractivity contribution in [1.82, 2.24) is 26.7 Å². The van der Waals surface area contributed by atoms with Crippen LogP contribution in [0.25, 0.3) is 11.1 Å². The summed E-state index contributed by atoms with van der Waals surface area (Å²) in [4.78, 5) is 26.3. The highest BCUT2D eigenvalue weighted by molar-refractivity contribution is 6.33. The van der Waals surface area contributed by atoms with Gasteiger partial charge in [0.15, 0.2) is 0 Å². The van der Waals surface area contributed by atoms with E-state index in [1.165, 1.54) is 6.92 Å². The lowest BCUT2D eigenvalue weighted by Gasteiger charge is -2.44. The van der Waals surface area contributed by atoms with E-state index < -0.39 is 5.60 Å². The number of amidine groups is 1. The van der Waals surface area contributed by atoms with Crippen molar-refractivity contribution >= 4 is 29.3 Å². The van der Waals surface area contributed by atoms with Gasteiger partial charge in [0.05, 0.1) is 12.0 Å². The van der Waals surface area contributed by atoms with E-state index in [2.05, 4.69) is 33.0 Å². The van der Waals surface area contributed by atoms with E-state index in [-0.39, 0.29) is 24.2 Å². The summed E-state index contributed by atoms with van der Waals surface area (Å²) in [6.07, 6.45) is 2.68. The number of amides is 2. The SMILES string of the molecule is CC(=O)NCCC[C@@](O)(c1cccc(Cl)c1-c1cccc(C)c1)[C@@H]1CCCN(C(=O)CC2=NNNN2)C1. The molecule has 0 radical (unpaired) electrons. The molecule has 0 spiro atoms. The van der Waals surface area contributed by atoms with E-state index in [1.807, 2.05) is 48.2 Å². The lowest BCUT2D eigenvalue weighted by atomic mass is 9.72. The topological polar surface area (TPSA) is 118 Å². The van der Waals surface area contributed by atoms with Gasteiger partial charge in [-0.3, -0.25) is 15.0 Å². The Morgan fingerprint density at radius 3 is 2.81 bits per heavy atom. The molecule has 0 unspecified atom stereocenters. The minimum Gasteiger partial charge on any atom is -0.385 e. The Labute approximate surface area is 222 Å². The fourth-order valence-corrected chi connectivity index (χ4v) is 5.60. The maximum atomic E-state index is 13.1. The smallest absolute Gasteiger partial charge is 0.230 e. The molecule has 1 saturated heterocycles. The number of nitrogens with one attached hydrogen (secondary N) is 4. The van der Waals surface area contributed by atoms with Crippen molar-refractivity contribution in [3.8, 4) is 11.1 Å². The van der Waals surface area contributed by atoms with Gasteiger partial charge in [0.2, 0.25) is 11.8 Å². The first kappa shape index (κ1) is 26.9. The molecule has 0 aliphatic carbocycles. The highest BCUT2D eigenvalue weighted by atomic mass is 35.5. The fourth-order valence-electron chi connectivity index (χ4n) is 5.32. The second kappa shape index (κ2) is 11.9. The van der Waals surface area contributed by atoms with Crippen LogP contribution in [-0.2, 0) is 15.2 Å². The molecule has 2 aromatic rings. The molecule has 2 aromatic carbocycles. The van der Waals surface area contributed by atoms with Gasteiger partial charge in [-0.25, -0.2) is 5.53 Å². The van der Waals surface area contributed by atoms with E-state index in [0.717, 1.165) is 35.1 Å². The van der Waals surface area contributed by atoms with Gasteiger partial charge in [0.1, 0.15) is 5.84 Å². The van der Waals surface area contributed by atoms with Gasteiger partial charge >= 0.3 is 0 Å². The van der Waals surface area contributed by atoms with Crippen LogP contribution in [0.3, 0.4) is 0 Å². The summed E-state index contributed by atoms with van der Waals surface area (Å²) in [5.74, 6) is 0.161. The van der Waals surface area contributed by atoms with E-state index >= 15 is 0 Å². The molecule has 2 aliphatic heterocycles. The highest BCUT2D eigenvalue weighted by Crippen LogP contribution is 2.45. The summed E-state index contributed by atoms with van der Waals surface area (Å²) < 4.78 is 0. The van der Waals surface area contributed by atoms with Gasteiger partial charge in [0.25, 0.3) is 0 Å². The largest absolute Gasteiger partial charge is 0.385 e. The second-order valence-electron chi connectivity index (χ2n) is 9.82. The predicted molar refractivity (Wildman–Crippen MR) is 144 cm³/mol. The second-order valence-corrected chi connectivity index (χ2v) is 10.2. The molecule has 2 atom stereocenters. The predicted octanol–water partition coefficient (Wildman–Crippen LogP) is 2.97. The zero-order valence-corrected chi connectivity index (χ0v) is 22.1. The van der Waals surface area contributed by atoms with Crippen LogP contribution in [-0.4, -0.2) is 47.3 Å². The molecule has 198 valence electrons. The summed E-state index contributed by atoms with van der Waals surface area (Å²) in [5, 5.41) is 19.9. The van der Waals surface area contributed by atoms with Crippen molar-refractivity contribution in [3.63, 3.8) is 0 Å². The molecule has 2 aliphatic rings. The van der Waals surface area contributed by atoms with Crippen molar-refractivity contribution in [1.29, 1.82) is 0 Å². The number of hydrazone groups is 1. The summed E-state index contributed by atoms with van der Waals surface area (Å²) in [6, 6.07) is 13.7. The zero-order chi connectivity index (χ0) is 26.4. The molecule has 37 heavy (non-hydrogen) atoms. The first-order chi connectivity index (χ1) is 17.8. The number of nitrogens with zero attached hydrogens (tertiary/aromatic N) is 2. The molecule has 1 fully saturated rings. The van der Waals surface area contributed by atoms with E-state index in [0.29, 0.717) is 43.3 Å². The summed E-state index contributed by atoms with van der Waals surface area (Å²) >= 11 is 6.77. The molecule has 9 nitrogen and oxygen atoms in total. The van der Waals surface area contributed by atoms with E-state index in [4.69, 9.17) is 11.6 Å². The molecule has 10 heteroatoms. The minimum atomic E-state index is -1.26. The molecule has 0 bridgehead atoms. The molecule has 0 aromatic heterocycles. The normalized spacial score (nSPS) is 18.9. The van der Waals surface area contributed by atoms with Crippen LogP contribution < -0.4 is 21.8 Å². The lowest BCUT2D eigenvalue weighted by Crippen LogP contribution is -2.49. The molecular formula is C27H35ClN6O3. The first-order valence-corrected chi connectivity index (χ1v) is 13.1. The monoisotopic (exact) mass is 526 g/mol. The van der Waals surface area contributed by atoms with Crippen LogP contribution in [0.4, 0.5) is 0 Å².